The molecule has 3 aromatic rings. The van der Waals surface area contributed by atoms with Crippen molar-refractivity contribution in [2.24, 2.45) is 0 Å². The van der Waals surface area contributed by atoms with E-state index in [9.17, 15) is 15.5 Å². The molecule has 0 aliphatic heterocycles. The molecule has 0 amide bonds. The molecule has 208 valence electrons. The van der Waals surface area contributed by atoms with Crippen molar-refractivity contribution >= 4 is 23.4 Å². The molecule has 0 saturated carbocycles. The molecule has 8 nitrogen and oxygen atoms in total. The molecule has 2 N–H and O–H groups in total. The van der Waals surface area contributed by atoms with E-state index in [1.54, 1.807) is 36.0 Å². The van der Waals surface area contributed by atoms with Crippen LogP contribution in [0.1, 0.15) is 41.7 Å². The van der Waals surface area contributed by atoms with Gasteiger partial charge in [0.15, 0.2) is 23.0 Å². The molecule has 0 spiro atoms. The highest BCUT2D eigenvalue weighted by Gasteiger charge is 2.21. The van der Waals surface area contributed by atoms with Gasteiger partial charge in [0.05, 0.1) is 52.8 Å². The molecule has 3 aromatic carbocycles. The van der Waals surface area contributed by atoms with Gasteiger partial charge in [-0.2, -0.15) is 5.26 Å². The number of nitrogens with zero attached hydrogens (tertiary/aromatic N) is 1. The molecule has 3 rings (SSSR count). The maximum Gasteiger partial charge on any atom is 0.203 e. The average molecular weight is 574 g/mol. The second kappa shape index (κ2) is 14.8. The Balaban J connectivity index is 1.66. The Kier molecular flexibility index (Phi) is 11.4. The first-order chi connectivity index (χ1) is 18.8. The molecule has 2 atom stereocenters. The minimum atomic E-state index is -0.947. The lowest BCUT2D eigenvalue weighted by Crippen LogP contribution is -2.07. The monoisotopic (exact) mass is 573 g/mol. The summed E-state index contributed by atoms with van der Waals surface area (Å²) < 4.78 is 27.4. The zero-order chi connectivity index (χ0) is 28.4. The van der Waals surface area contributed by atoms with Crippen molar-refractivity contribution < 1.29 is 33.9 Å². The first-order valence-electron chi connectivity index (χ1n) is 12.1. The normalized spacial score (nSPS) is 12.3. The van der Waals surface area contributed by atoms with Crippen LogP contribution in [-0.4, -0.2) is 51.0 Å². The second-order valence-electron chi connectivity index (χ2n) is 8.43. The van der Waals surface area contributed by atoms with Crippen molar-refractivity contribution in [3.8, 4) is 34.8 Å². The molecule has 0 aromatic heterocycles. The van der Waals surface area contributed by atoms with Crippen LogP contribution >= 0.6 is 23.4 Å². The highest BCUT2D eigenvalue weighted by atomic mass is 35.5. The molecule has 0 fully saturated rings. The van der Waals surface area contributed by atoms with Crippen LogP contribution in [0.5, 0.6) is 28.7 Å². The number of nitriles is 1. The quantitative estimate of drug-likeness (QED) is 0.178. The number of hydrogen-bond acceptors (Lipinski definition) is 9. The molecule has 0 aliphatic rings. The molecule has 0 heterocycles. The number of halogens is 1. The lowest BCUT2D eigenvalue weighted by molar-refractivity contribution is 0.114. The first kappa shape index (κ1) is 30.3. The summed E-state index contributed by atoms with van der Waals surface area (Å²) in [5.74, 6) is 2.61. The van der Waals surface area contributed by atoms with Crippen molar-refractivity contribution in [3.63, 3.8) is 0 Å². The fourth-order valence-electron chi connectivity index (χ4n) is 3.98. The molecule has 10 heteroatoms. The summed E-state index contributed by atoms with van der Waals surface area (Å²) in [5.41, 5.74) is 1.31. The van der Waals surface area contributed by atoms with Gasteiger partial charge >= 0.3 is 0 Å². The minimum absolute atomic E-state index is 0.226. The Morgan fingerprint density at radius 1 is 0.795 bits per heavy atom. The molecular formula is C29H32ClNO7S. The number of aliphatic hydroxyl groups excluding tert-OH is 2. The van der Waals surface area contributed by atoms with Gasteiger partial charge in [0, 0.05) is 15.7 Å². The third kappa shape index (κ3) is 7.87. The van der Waals surface area contributed by atoms with Crippen LogP contribution in [0.4, 0.5) is 0 Å². The summed E-state index contributed by atoms with van der Waals surface area (Å²) in [6, 6.07) is 16.2. The Labute approximate surface area is 238 Å². The van der Waals surface area contributed by atoms with E-state index in [4.69, 9.17) is 35.3 Å². The van der Waals surface area contributed by atoms with E-state index in [1.807, 2.05) is 24.3 Å². The summed E-state index contributed by atoms with van der Waals surface area (Å²) in [7, 11) is 6.00. The highest BCUT2D eigenvalue weighted by molar-refractivity contribution is 7.99. The number of aliphatic hydroxyl groups is 2. The van der Waals surface area contributed by atoms with Crippen molar-refractivity contribution in [2.75, 3.05) is 40.8 Å². The van der Waals surface area contributed by atoms with E-state index in [1.165, 1.54) is 28.4 Å². The summed E-state index contributed by atoms with van der Waals surface area (Å²) in [5, 5.41) is 32.1. The number of benzene rings is 3. The Bertz CT molecular complexity index is 1250. The predicted molar refractivity (Wildman–Crippen MR) is 151 cm³/mol. The van der Waals surface area contributed by atoms with Crippen molar-refractivity contribution in [1.29, 1.82) is 5.26 Å². The Morgan fingerprint density at radius 3 is 1.79 bits per heavy atom. The fourth-order valence-corrected chi connectivity index (χ4v) is 4.83. The minimum Gasteiger partial charge on any atom is -0.493 e. The smallest absolute Gasteiger partial charge is 0.203 e. The lowest BCUT2D eigenvalue weighted by atomic mass is 9.97. The maximum absolute atomic E-state index is 10.9. The number of methoxy groups -OCH3 is 4. The van der Waals surface area contributed by atoms with Gasteiger partial charge in [0.25, 0.3) is 0 Å². The Morgan fingerprint density at radius 2 is 1.31 bits per heavy atom. The molecule has 0 bridgehead atoms. The first-order valence-corrected chi connectivity index (χ1v) is 13.5. The molecule has 2 unspecified atom stereocenters. The van der Waals surface area contributed by atoms with Crippen molar-refractivity contribution in [1.82, 2.24) is 0 Å². The number of hydrogen-bond donors (Lipinski definition) is 2. The second-order valence-corrected chi connectivity index (χ2v) is 10.0. The predicted octanol–water partition coefficient (Wildman–Crippen LogP) is 5.96. The standard InChI is InChI=1S/C29H32ClNO7S/c1-34-25-14-18(13-20(17-31)28(25)38-11-12-39-22-7-5-21(30)6-8-22)23(32)9-10-24(33)19-15-26(35-2)29(37-4)27(16-19)36-3/h5-8,13-16,23-24,32-33H,9-12H2,1-4H3. The summed E-state index contributed by atoms with van der Waals surface area (Å²) >= 11 is 7.53. The van der Waals surface area contributed by atoms with E-state index >= 15 is 0 Å². The molecule has 0 radical (unpaired) electrons. The summed E-state index contributed by atoms with van der Waals surface area (Å²) in [6.07, 6.45) is -1.38. The third-order valence-electron chi connectivity index (χ3n) is 6.00. The molecular weight excluding hydrogens is 542 g/mol. The average Bonchev–Trinajstić information content (AvgIpc) is 2.97. The topological polar surface area (TPSA) is 110 Å². The molecule has 0 aliphatic carbocycles. The van der Waals surface area contributed by atoms with Gasteiger partial charge in [-0.25, -0.2) is 0 Å². The van der Waals surface area contributed by atoms with E-state index in [0.717, 1.165) is 4.90 Å². The van der Waals surface area contributed by atoms with Gasteiger partial charge in [-0.15, -0.1) is 11.8 Å². The fraction of sp³-hybridized carbons (Fsp3) is 0.345. The third-order valence-corrected chi connectivity index (χ3v) is 7.23. The van der Waals surface area contributed by atoms with E-state index < -0.39 is 12.2 Å². The van der Waals surface area contributed by atoms with E-state index in [2.05, 4.69) is 6.07 Å². The van der Waals surface area contributed by atoms with E-state index in [0.29, 0.717) is 57.3 Å². The maximum atomic E-state index is 10.9. The summed E-state index contributed by atoms with van der Waals surface area (Å²) in [4.78, 5) is 1.06. The number of ether oxygens (including phenoxy) is 5. The SMILES string of the molecule is COc1cc(C(O)CCC(O)c2cc(OC)c(OC)c(OC)c2)cc(C#N)c1OCCSc1ccc(Cl)cc1. The lowest BCUT2D eigenvalue weighted by Gasteiger charge is -2.19. The van der Waals surface area contributed by atoms with Gasteiger partial charge in [-0.05, 0) is 72.5 Å². The summed E-state index contributed by atoms with van der Waals surface area (Å²) in [6.45, 7) is 0.348. The van der Waals surface area contributed by atoms with Gasteiger partial charge in [-0.3, -0.25) is 0 Å². The molecule has 0 saturated heterocycles. The van der Waals surface area contributed by atoms with E-state index in [-0.39, 0.29) is 18.4 Å². The molecule has 39 heavy (non-hydrogen) atoms. The van der Waals surface area contributed by atoms with Gasteiger partial charge < -0.3 is 33.9 Å². The van der Waals surface area contributed by atoms with Crippen LogP contribution in [0.15, 0.2) is 53.4 Å². The van der Waals surface area contributed by atoms with Crippen molar-refractivity contribution in [3.05, 3.63) is 70.2 Å². The van der Waals surface area contributed by atoms with Crippen LogP contribution in [-0.2, 0) is 0 Å². The zero-order valence-electron chi connectivity index (χ0n) is 22.3. The zero-order valence-corrected chi connectivity index (χ0v) is 23.8. The van der Waals surface area contributed by atoms with Gasteiger partial charge in [-0.1, -0.05) is 11.6 Å². The number of thioether (sulfide) groups is 1. The number of rotatable bonds is 14. The van der Waals surface area contributed by atoms with Crippen LogP contribution in [0.25, 0.3) is 0 Å². The van der Waals surface area contributed by atoms with Crippen LogP contribution in [0.3, 0.4) is 0 Å². The van der Waals surface area contributed by atoms with Crippen LogP contribution < -0.4 is 23.7 Å². The Hall–Kier alpha value is -3.29. The van der Waals surface area contributed by atoms with Crippen LogP contribution in [0.2, 0.25) is 5.02 Å². The van der Waals surface area contributed by atoms with Gasteiger partial charge in [0.1, 0.15) is 6.07 Å². The largest absolute Gasteiger partial charge is 0.493 e. The van der Waals surface area contributed by atoms with Gasteiger partial charge in [0.2, 0.25) is 5.75 Å². The van der Waals surface area contributed by atoms with Crippen molar-refractivity contribution in [2.45, 2.75) is 29.9 Å². The van der Waals surface area contributed by atoms with Crippen LogP contribution in [0, 0.1) is 11.3 Å². The highest BCUT2D eigenvalue weighted by Crippen LogP contribution is 2.41.